The number of thiophene rings is 1. The van der Waals surface area contributed by atoms with Crippen LogP contribution in [-0.2, 0) is 6.42 Å². The molecule has 0 aliphatic rings. The first-order valence-corrected chi connectivity index (χ1v) is 5.70. The third-order valence-corrected chi connectivity index (χ3v) is 3.33. The van der Waals surface area contributed by atoms with Crippen LogP contribution in [0.1, 0.15) is 30.7 Å². The SMILES string of the molecule is Cc1sccc1CCC(O)C(C)C. The Morgan fingerprint density at radius 2 is 2.15 bits per heavy atom. The van der Waals surface area contributed by atoms with Crippen molar-refractivity contribution in [2.75, 3.05) is 0 Å². The zero-order valence-corrected chi connectivity index (χ0v) is 9.40. The summed E-state index contributed by atoms with van der Waals surface area (Å²) in [6.45, 7) is 6.26. The third-order valence-electron chi connectivity index (χ3n) is 2.45. The highest BCUT2D eigenvalue weighted by atomic mass is 32.1. The van der Waals surface area contributed by atoms with Crippen molar-refractivity contribution in [3.05, 3.63) is 21.9 Å². The average molecular weight is 198 g/mol. The Bertz CT molecular complexity index is 252. The van der Waals surface area contributed by atoms with E-state index in [-0.39, 0.29) is 6.10 Å². The summed E-state index contributed by atoms with van der Waals surface area (Å²) < 4.78 is 0. The molecule has 0 radical (unpaired) electrons. The smallest absolute Gasteiger partial charge is 0.0566 e. The van der Waals surface area contributed by atoms with Crippen LogP contribution in [0.25, 0.3) is 0 Å². The molecule has 1 rings (SSSR count). The van der Waals surface area contributed by atoms with Gasteiger partial charge in [0.2, 0.25) is 0 Å². The monoisotopic (exact) mass is 198 g/mol. The zero-order chi connectivity index (χ0) is 9.84. The summed E-state index contributed by atoms with van der Waals surface area (Å²) in [6.07, 6.45) is 1.74. The highest BCUT2D eigenvalue weighted by Gasteiger charge is 2.09. The third kappa shape index (κ3) is 3.12. The second-order valence-corrected chi connectivity index (χ2v) is 4.97. The van der Waals surface area contributed by atoms with E-state index in [9.17, 15) is 5.11 Å². The molecule has 1 aromatic rings. The zero-order valence-electron chi connectivity index (χ0n) is 8.58. The molecule has 0 aliphatic carbocycles. The Morgan fingerprint density at radius 1 is 1.46 bits per heavy atom. The summed E-state index contributed by atoms with van der Waals surface area (Å²) in [4.78, 5) is 1.39. The maximum atomic E-state index is 9.62. The molecule has 13 heavy (non-hydrogen) atoms. The highest BCUT2D eigenvalue weighted by Crippen LogP contribution is 2.18. The standard InChI is InChI=1S/C11H18OS/c1-8(2)11(12)5-4-10-6-7-13-9(10)3/h6-8,11-12H,4-5H2,1-3H3. The molecule has 1 N–H and O–H groups in total. The van der Waals surface area contributed by atoms with Gasteiger partial charge in [-0.05, 0) is 42.7 Å². The molecule has 0 fully saturated rings. The predicted molar refractivity (Wildman–Crippen MR) is 58.2 cm³/mol. The molecule has 0 saturated carbocycles. The van der Waals surface area contributed by atoms with Crippen molar-refractivity contribution in [1.29, 1.82) is 0 Å². The van der Waals surface area contributed by atoms with Crippen LogP contribution >= 0.6 is 11.3 Å². The quantitative estimate of drug-likeness (QED) is 0.788. The van der Waals surface area contributed by atoms with E-state index in [0.29, 0.717) is 5.92 Å². The van der Waals surface area contributed by atoms with Crippen molar-refractivity contribution in [2.24, 2.45) is 5.92 Å². The van der Waals surface area contributed by atoms with Crippen molar-refractivity contribution in [1.82, 2.24) is 0 Å². The lowest BCUT2D eigenvalue weighted by Gasteiger charge is -2.13. The van der Waals surface area contributed by atoms with E-state index in [2.05, 4.69) is 32.2 Å². The van der Waals surface area contributed by atoms with Gasteiger partial charge in [-0.1, -0.05) is 13.8 Å². The molecular formula is C11H18OS. The minimum atomic E-state index is -0.153. The summed E-state index contributed by atoms with van der Waals surface area (Å²) in [6, 6.07) is 2.16. The summed E-state index contributed by atoms with van der Waals surface area (Å²) in [5.41, 5.74) is 1.39. The van der Waals surface area contributed by atoms with Crippen LogP contribution < -0.4 is 0 Å². The van der Waals surface area contributed by atoms with Crippen LogP contribution in [0.5, 0.6) is 0 Å². The second kappa shape index (κ2) is 4.77. The van der Waals surface area contributed by atoms with Crippen molar-refractivity contribution in [3.63, 3.8) is 0 Å². The summed E-state index contributed by atoms with van der Waals surface area (Å²) in [7, 11) is 0. The van der Waals surface area contributed by atoms with Crippen molar-refractivity contribution in [2.45, 2.75) is 39.7 Å². The topological polar surface area (TPSA) is 20.2 Å². The minimum absolute atomic E-state index is 0.153. The predicted octanol–water partition coefficient (Wildman–Crippen LogP) is 3.01. The second-order valence-electron chi connectivity index (χ2n) is 3.85. The molecule has 1 unspecified atom stereocenters. The van der Waals surface area contributed by atoms with Crippen LogP contribution in [0.15, 0.2) is 11.4 Å². The first-order valence-electron chi connectivity index (χ1n) is 4.82. The largest absolute Gasteiger partial charge is 0.393 e. The molecular weight excluding hydrogens is 180 g/mol. The van der Waals surface area contributed by atoms with Gasteiger partial charge in [-0.2, -0.15) is 0 Å². The Balaban J connectivity index is 2.39. The van der Waals surface area contributed by atoms with E-state index in [0.717, 1.165) is 12.8 Å². The van der Waals surface area contributed by atoms with Gasteiger partial charge in [-0.3, -0.25) is 0 Å². The van der Waals surface area contributed by atoms with Crippen LogP contribution in [-0.4, -0.2) is 11.2 Å². The number of hydrogen-bond acceptors (Lipinski definition) is 2. The molecule has 0 amide bonds. The number of aliphatic hydroxyl groups excluding tert-OH is 1. The lowest BCUT2D eigenvalue weighted by molar-refractivity contribution is 0.116. The van der Waals surface area contributed by atoms with E-state index >= 15 is 0 Å². The number of hydrogen-bond donors (Lipinski definition) is 1. The van der Waals surface area contributed by atoms with E-state index in [1.807, 2.05) is 0 Å². The van der Waals surface area contributed by atoms with Gasteiger partial charge in [0.05, 0.1) is 6.10 Å². The normalized spacial score (nSPS) is 13.6. The number of rotatable bonds is 4. The summed E-state index contributed by atoms with van der Waals surface area (Å²) in [5, 5.41) is 11.7. The molecule has 0 bridgehead atoms. The van der Waals surface area contributed by atoms with Gasteiger partial charge >= 0.3 is 0 Å². The maximum Gasteiger partial charge on any atom is 0.0566 e. The van der Waals surface area contributed by atoms with Gasteiger partial charge in [0.1, 0.15) is 0 Å². The Kier molecular flexibility index (Phi) is 3.94. The van der Waals surface area contributed by atoms with Crippen molar-refractivity contribution < 1.29 is 5.11 Å². The lowest BCUT2D eigenvalue weighted by atomic mass is 10.00. The fourth-order valence-electron chi connectivity index (χ4n) is 1.31. The summed E-state index contributed by atoms with van der Waals surface area (Å²) >= 11 is 1.78. The van der Waals surface area contributed by atoms with E-state index in [4.69, 9.17) is 0 Å². The molecule has 74 valence electrons. The Morgan fingerprint density at radius 3 is 2.62 bits per heavy atom. The fourth-order valence-corrected chi connectivity index (χ4v) is 2.07. The molecule has 2 heteroatoms. The molecule has 1 atom stereocenters. The van der Waals surface area contributed by atoms with Crippen LogP contribution in [0.2, 0.25) is 0 Å². The summed E-state index contributed by atoms with van der Waals surface area (Å²) in [5.74, 6) is 0.374. The molecule has 1 heterocycles. The molecule has 0 saturated heterocycles. The Labute approximate surface area is 84.4 Å². The minimum Gasteiger partial charge on any atom is -0.393 e. The van der Waals surface area contributed by atoms with E-state index in [1.165, 1.54) is 10.4 Å². The van der Waals surface area contributed by atoms with Gasteiger partial charge in [0.15, 0.2) is 0 Å². The van der Waals surface area contributed by atoms with Crippen LogP contribution in [0, 0.1) is 12.8 Å². The fraction of sp³-hybridized carbons (Fsp3) is 0.636. The first kappa shape index (κ1) is 10.7. The highest BCUT2D eigenvalue weighted by molar-refractivity contribution is 7.10. The molecule has 1 nitrogen and oxygen atoms in total. The Hall–Kier alpha value is -0.340. The van der Waals surface area contributed by atoms with Gasteiger partial charge in [-0.25, -0.2) is 0 Å². The van der Waals surface area contributed by atoms with Gasteiger partial charge in [0, 0.05) is 4.88 Å². The van der Waals surface area contributed by atoms with E-state index in [1.54, 1.807) is 11.3 Å². The molecule has 1 aromatic heterocycles. The van der Waals surface area contributed by atoms with Crippen molar-refractivity contribution in [3.8, 4) is 0 Å². The van der Waals surface area contributed by atoms with Gasteiger partial charge in [-0.15, -0.1) is 11.3 Å². The van der Waals surface area contributed by atoms with Gasteiger partial charge in [0.25, 0.3) is 0 Å². The van der Waals surface area contributed by atoms with Crippen LogP contribution in [0.3, 0.4) is 0 Å². The molecule has 0 aliphatic heterocycles. The van der Waals surface area contributed by atoms with Crippen molar-refractivity contribution >= 4 is 11.3 Å². The first-order chi connectivity index (χ1) is 6.11. The van der Waals surface area contributed by atoms with E-state index < -0.39 is 0 Å². The number of aliphatic hydroxyl groups is 1. The lowest BCUT2D eigenvalue weighted by Crippen LogP contribution is -2.15. The average Bonchev–Trinajstić information content (AvgIpc) is 2.47. The molecule has 0 spiro atoms. The maximum absolute atomic E-state index is 9.62. The molecule has 0 aromatic carbocycles. The van der Waals surface area contributed by atoms with Crippen LogP contribution in [0.4, 0.5) is 0 Å². The number of aryl methyl sites for hydroxylation is 2. The van der Waals surface area contributed by atoms with Gasteiger partial charge < -0.3 is 5.11 Å².